The summed E-state index contributed by atoms with van der Waals surface area (Å²) in [5, 5.41) is 13.5. The molecule has 2 atom stereocenters. The van der Waals surface area contributed by atoms with E-state index in [1.54, 1.807) is 18.3 Å². The Morgan fingerprint density at radius 3 is 2.32 bits per heavy atom. The van der Waals surface area contributed by atoms with Crippen molar-refractivity contribution in [3.05, 3.63) is 106 Å². The summed E-state index contributed by atoms with van der Waals surface area (Å²) in [6.07, 6.45) is 3.00. The first-order valence-corrected chi connectivity index (χ1v) is 13.2. The number of amides is 1. The van der Waals surface area contributed by atoms with Gasteiger partial charge in [-0.25, -0.2) is 0 Å². The van der Waals surface area contributed by atoms with Crippen LogP contribution in [0.4, 0.5) is 0 Å². The van der Waals surface area contributed by atoms with Crippen molar-refractivity contribution in [2.45, 2.75) is 38.2 Å². The monoisotopic (exact) mass is 550 g/mol. The Balaban J connectivity index is 1.68. The maximum Gasteiger partial charge on any atom is 0.305 e. The van der Waals surface area contributed by atoms with E-state index in [2.05, 4.69) is 17.2 Å². The molecule has 4 rings (SSSR count). The number of hydrogen-bond acceptors (Lipinski definition) is 4. The second-order valence-corrected chi connectivity index (χ2v) is 9.85. The van der Waals surface area contributed by atoms with Crippen LogP contribution in [0.2, 0.25) is 10.0 Å². The molecular formula is C30H28Cl2N2O4. The number of nitrogens with zero attached hydrogens (tertiary/aromatic N) is 1. The maximum absolute atomic E-state index is 12.5. The molecule has 2 N–H and O–H groups in total. The van der Waals surface area contributed by atoms with Gasteiger partial charge in [-0.15, -0.1) is 0 Å². The van der Waals surface area contributed by atoms with Crippen LogP contribution in [0.15, 0.2) is 79.0 Å². The second kappa shape index (κ2) is 12.8. The first kappa shape index (κ1) is 27.4. The Bertz CT molecular complexity index is 1410. The Hall–Kier alpha value is -3.61. The fraction of sp³-hybridized carbons (Fsp3) is 0.233. The molecule has 3 aromatic carbocycles. The van der Waals surface area contributed by atoms with Crippen molar-refractivity contribution in [2.75, 3.05) is 6.54 Å². The van der Waals surface area contributed by atoms with Gasteiger partial charge in [0.25, 0.3) is 5.91 Å². The summed E-state index contributed by atoms with van der Waals surface area (Å²) in [7, 11) is 0. The molecule has 0 spiro atoms. The van der Waals surface area contributed by atoms with Gasteiger partial charge in [0, 0.05) is 39.7 Å². The first-order chi connectivity index (χ1) is 18.4. The number of rotatable bonds is 11. The smallest absolute Gasteiger partial charge is 0.305 e. The lowest BCUT2D eigenvalue weighted by molar-refractivity contribution is -0.136. The molecule has 1 aromatic heterocycles. The number of carbonyl (C=O) groups excluding carboxylic acids is 1. The summed E-state index contributed by atoms with van der Waals surface area (Å²) < 4.78 is 6.75. The van der Waals surface area contributed by atoms with E-state index in [1.807, 2.05) is 60.7 Å². The summed E-state index contributed by atoms with van der Waals surface area (Å²) >= 11 is 12.4. The molecule has 0 saturated carbocycles. The normalized spacial score (nSPS) is 12.6. The van der Waals surface area contributed by atoms with Crippen molar-refractivity contribution < 1.29 is 19.4 Å². The van der Waals surface area contributed by atoms with Crippen LogP contribution >= 0.6 is 23.2 Å². The van der Waals surface area contributed by atoms with Gasteiger partial charge in [0.15, 0.2) is 0 Å². The minimum atomic E-state index is -0.957. The van der Waals surface area contributed by atoms with E-state index in [0.29, 0.717) is 21.4 Å². The molecule has 4 aromatic rings. The SMILES string of the molecule is CCCC(c1ccc(C(=O)NCCC(=O)O)cc1)C(Oc1ccnc2cc(Cl)ccc12)c1ccc(Cl)cc1. The quantitative estimate of drug-likeness (QED) is 0.202. The van der Waals surface area contributed by atoms with E-state index in [9.17, 15) is 9.59 Å². The number of carboxylic acids is 1. The zero-order valence-corrected chi connectivity index (χ0v) is 22.4. The molecule has 38 heavy (non-hydrogen) atoms. The Morgan fingerprint density at radius 2 is 1.63 bits per heavy atom. The molecule has 1 amide bonds. The number of benzene rings is 3. The standard InChI is InChI=1S/C30H28Cl2N2O4/c1-2-3-24(19-4-6-21(7-5-19)30(37)34-17-15-28(35)36)29(20-8-10-22(31)11-9-20)38-27-14-16-33-26-18-23(32)12-13-25(26)27/h4-14,16,18,24,29H,2-3,15,17H2,1H3,(H,34,37)(H,35,36). The highest BCUT2D eigenvalue weighted by molar-refractivity contribution is 6.31. The van der Waals surface area contributed by atoms with Crippen molar-refractivity contribution in [1.29, 1.82) is 0 Å². The number of pyridine rings is 1. The van der Waals surface area contributed by atoms with Crippen LogP contribution in [-0.4, -0.2) is 28.5 Å². The van der Waals surface area contributed by atoms with Gasteiger partial charge in [-0.3, -0.25) is 14.6 Å². The molecule has 2 unspecified atom stereocenters. The largest absolute Gasteiger partial charge is 0.484 e. The lowest BCUT2D eigenvalue weighted by Gasteiger charge is -2.29. The van der Waals surface area contributed by atoms with E-state index in [1.165, 1.54) is 0 Å². The van der Waals surface area contributed by atoms with Gasteiger partial charge < -0.3 is 15.2 Å². The number of aliphatic carboxylic acids is 1. The molecular weight excluding hydrogens is 523 g/mol. The number of hydrogen-bond donors (Lipinski definition) is 2. The summed E-state index contributed by atoms with van der Waals surface area (Å²) in [5.41, 5.74) is 3.21. The fourth-order valence-electron chi connectivity index (χ4n) is 4.44. The highest BCUT2D eigenvalue weighted by Gasteiger charge is 2.27. The number of fused-ring (bicyclic) bond motifs is 1. The van der Waals surface area contributed by atoms with Crippen LogP contribution in [0.25, 0.3) is 10.9 Å². The molecule has 0 aliphatic carbocycles. The number of halogens is 2. The molecule has 196 valence electrons. The average molecular weight is 551 g/mol. The summed E-state index contributed by atoms with van der Waals surface area (Å²) in [6, 6.07) is 22.4. The predicted molar refractivity (Wildman–Crippen MR) is 150 cm³/mol. The molecule has 6 nitrogen and oxygen atoms in total. The predicted octanol–water partition coefficient (Wildman–Crippen LogP) is 7.45. The van der Waals surface area contributed by atoms with E-state index in [-0.39, 0.29) is 30.9 Å². The average Bonchev–Trinajstić information content (AvgIpc) is 2.91. The molecule has 0 aliphatic rings. The molecule has 0 aliphatic heterocycles. The van der Waals surface area contributed by atoms with Crippen LogP contribution in [0.1, 0.15) is 59.7 Å². The Labute approximate surface area is 231 Å². The molecule has 0 bridgehead atoms. The van der Waals surface area contributed by atoms with Gasteiger partial charge in [-0.2, -0.15) is 0 Å². The van der Waals surface area contributed by atoms with Gasteiger partial charge in [0.2, 0.25) is 0 Å². The minimum Gasteiger partial charge on any atom is -0.484 e. The van der Waals surface area contributed by atoms with Crippen LogP contribution in [-0.2, 0) is 4.79 Å². The first-order valence-electron chi connectivity index (χ1n) is 12.4. The van der Waals surface area contributed by atoms with Gasteiger partial charge in [-0.05, 0) is 66.1 Å². The van der Waals surface area contributed by atoms with Crippen LogP contribution in [0, 0.1) is 0 Å². The van der Waals surface area contributed by atoms with E-state index in [0.717, 1.165) is 34.9 Å². The summed E-state index contributed by atoms with van der Waals surface area (Å²) in [5.74, 6) is -0.596. The van der Waals surface area contributed by atoms with Crippen molar-refractivity contribution in [1.82, 2.24) is 10.3 Å². The lowest BCUT2D eigenvalue weighted by Crippen LogP contribution is -2.26. The van der Waals surface area contributed by atoms with Gasteiger partial charge >= 0.3 is 5.97 Å². The van der Waals surface area contributed by atoms with E-state index >= 15 is 0 Å². The van der Waals surface area contributed by atoms with Gasteiger partial charge in [0.05, 0.1) is 11.9 Å². The third-order valence-electron chi connectivity index (χ3n) is 6.31. The molecule has 8 heteroatoms. The number of nitrogens with one attached hydrogen (secondary N) is 1. The molecule has 0 fully saturated rings. The molecule has 1 heterocycles. The van der Waals surface area contributed by atoms with Crippen LogP contribution in [0.5, 0.6) is 5.75 Å². The van der Waals surface area contributed by atoms with Crippen molar-refractivity contribution in [2.24, 2.45) is 0 Å². The topological polar surface area (TPSA) is 88.5 Å². The van der Waals surface area contributed by atoms with Crippen molar-refractivity contribution in [3.63, 3.8) is 0 Å². The zero-order valence-electron chi connectivity index (χ0n) is 20.9. The number of carbonyl (C=O) groups is 2. The van der Waals surface area contributed by atoms with Crippen molar-refractivity contribution in [3.8, 4) is 5.75 Å². The molecule has 0 saturated heterocycles. The Morgan fingerprint density at radius 1 is 0.947 bits per heavy atom. The third kappa shape index (κ3) is 6.82. The van der Waals surface area contributed by atoms with E-state index < -0.39 is 5.97 Å². The maximum atomic E-state index is 12.5. The highest BCUT2D eigenvalue weighted by Crippen LogP contribution is 2.40. The third-order valence-corrected chi connectivity index (χ3v) is 6.79. The zero-order chi connectivity index (χ0) is 27.1. The summed E-state index contributed by atoms with van der Waals surface area (Å²) in [4.78, 5) is 27.6. The summed E-state index contributed by atoms with van der Waals surface area (Å²) in [6.45, 7) is 2.20. The number of aromatic nitrogens is 1. The fourth-order valence-corrected chi connectivity index (χ4v) is 4.73. The minimum absolute atomic E-state index is 0.0270. The van der Waals surface area contributed by atoms with Gasteiger partial charge in [0.1, 0.15) is 11.9 Å². The van der Waals surface area contributed by atoms with Gasteiger partial charge in [-0.1, -0.05) is 60.8 Å². The van der Waals surface area contributed by atoms with Crippen LogP contribution < -0.4 is 10.1 Å². The lowest BCUT2D eigenvalue weighted by atomic mass is 9.85. The molecule has 0 radical (unpaired) electrons. The number of ether oxygens (including phenoxy) is 1. The highest BCUT2D eigenvalue weighted by atomic mass is 35.5. The number of carboxylic acid groups (broad SMARTS) is 1. The van der Waals surface area contributed by atoms with Crippen molar-refractivity contribution >= 4 is 46.0 Å². The second-order valence-electron chi connectivity index (χ2n) is 8.98. The van der Waals surface area contributed by atoms with E-state index in [4.69, 9.17) is 33.0 Å². The Kier molecular flexibility index (Phi) is 9.21. The van der Waals surface area contributed by atoms with Crippen LogP contribution in [0.3, 0.4) is 0 Å².